The second-order valence-corrected chi connectivity index (χ2v) is 6.90. The van der Waals surface area contributed by atoms with Gasteiger partial charge < -0.3 is 20.3 Å². The molecule has 1 aromatic heterocycles. The van der Waals surface area contributed by atoms with Gasteiger partial charge in [-0.15, -0.1) is 0 Å². The Labute approximate surface area is 175 Å². The van der Waals surface area contributed by atoms with Crippen molar-refractivity contribution in [2.24, 2.45) is 0 Å². The van der Waals surface area contributed by atoms with Crippen LogP contribution in [0.3, 0.4) is 0 Å². The number of methoxy groups -OCH3 is 1. The fourth-order valence-electron chi connectivity index (χ4n) is 2.87. The summed E-state index contributed by atoms with van der Waals surface area (Å²) in [7, 11) is 5.48. The van der Waals surface area contributed by atoms with Gasteiger partial charge in [0, 0.05) is 43.2 Å². The van der Waals surface area contributed by atoms with Gasteiger partial charge in [-0.1, -0.05) is 12.1 Å². The van der Waals surface area contributed by atoms with Crippen LogP contribution >= 0.6 is 0 Å². The summed E-state index contributed by atoms with van der Waals surface area (Å²) in [5.41, 5.74) is 2.76. The Hall–Kier alpha value is -3.87. The highest BCUT2D eigenvalue weighted by molar-refractivity contribution is 6.05. The van der Waals surface area contributed by atoms with E-state index < -0.39 is 0 Å². The Bertz CT molecular complexity index is 1020. The maximum absolute atomic E-state index is 12.5. The highest BCUT2D eigenvalue weighted by atomic mass is 16.5. The van der Waals surface area contributed by atoms with E-state index in [1.807, 2.05) is 55.7 Å². The van der Waals surface area contributed by atoms with Crippen molar-refractivity contribution in [2.75, 3.05) is 36.7 Å². The van der Waals surface area contributed by atoms with Crippen molar-refractivity contribution in [2.45, 2.75) is 6.54 Å². The molecule has 3 aromatic rings. The van der Waals surface area contributed by atoms with Crippen molar-refractivity contribution < 1.29 is 18.9 Å². The van der Waals surface area contributed by atoms with Crippen LogP contribution in [0.25, 0.3) is 0 Å². The van der Waals surface area contributed by atoms with Gasteiger partial charge in [-0.25, -0.2) is 0 Å². The van der Waals surface area contributed by atoms with Crippen LogP contribution in [0.15, 0.2) is 73.1 Å². The molecule has 7 heteroatoms. The van der Waals surface area contributed by atoms with Gasteiger partial charge in [-0.05, 0) is 36.4 Å². The number of amides is 2. The second kappa shape index (κ2) is 9.56. The van der Waals surface area contributed by atoms with E-state index in [0.29, 0.717) is 22.7 Å². The molecule has 0 saturated carbocycles. The lowest BCUT2D eigenvalue weighted by Gasteiger charge is -2.11. The number of pyridine rings is 1. The molecule has 0 aliphatic rings. The predicted octanol–water partition coefficient (Wildman–Crippen LogP) is 2.94. The third-order valence-electron chi connectivity index (χ3n) is 4.50. The summed E-state index contributed by atoms with van der Waals surface area (Å²) in [4.78, 5) is 26.8. The van der Waals surface area contributed by atoms with Crippen LogP contribution in [0.2, 0.25) is 0 Å². The number of carbonyl (C=O) groups excluding carboxylic acids is 2. The van der Waals surface area contributed by atoms with Gasteiger partial charge in [0.1, 0.15) is 5.75 Å². The van der Waals surface area contributed by atoms with E-state index in [1.165, 1.54) is 0 Å². The van der Waals surface area contributed by atoms with Crippen molar-refractivity contribution >= 4 is 28.9 Å². The third-order valence-corrected chi connectivity index (χ3v) is 4.50. The fourth-order valence-corrected chi connectivity index (χ4v) is 2.87. The number of aromatic nitrogens is 1. The molecule has 0 spiro atoms. The van der Waals surface area contributed by atoms with Gasteiger partial charge in [-0.2, -0.15) is 4.57 Å². The van der Waals surface area contributed by atoms with E-state index >= 15 is 0 Å². The summed E-state index contributed by atoms with van der Waals surface area (Å²) in [6, 6.07) is 17.8. The smallest absolute Gasteiger partial charge is 0.290 e. The lowest BCUT2D eigenvalue weighted by atomic mass is 10.2. The molecule has 3 rings (SSSR count). The SMILES string of the molecule is COc1ccccc1NC(=O)c1ccc(NC(=O)C[n+]2ccc(N(C)C)cc2)cc1. The lowest BCUT2D eigenvalue weighted by Crippen LogP contribution is -2.39. The summed E-state index contributed by atoms with van der Waals surface area (Å²) in [6.07, 6.45) is 3.72. The molecule has 0 bridgehead atoms. The third kappa shape index (κ3) is 5.35. The van der Waals surface area contributed by atoms with E-state index in [0.717, 1.165) is 5.69 Å². The van der Waals surface area contributed by atoms with Crippen molar-refractivity contribution in [1.82, 2.24) is 0 Å². The minimum atomic E-state index is -0.256. The summed E-state index contributed by atoms with van der Waals surface area (Å²) < 4.78 is 7.05. The molecule has 2 amide bonds. The molecule has 2 N–H and O–H groups in total. The fraction of sp³-hybridized carbons (Fsp3) is 0.174. The first kappa shape index (κ1) is 20.9. The molecule has 0 radical (unpaired) electrons. The Kier molecular flexibility index (Phi) is 6.64. The largest absolute Gasteiger partial charge is 0.495 e. The van der Waals surface area contributed by atoms with Crippen LogP contribution < -0.4 is 24.8 Å². The normalized spacial score (nSPS) is 10.2. The number of nitrogens with zero attached hydrogens (tertiary/aromatic N) is 2. The number of hydrogen-bond donors (Lipinski definition) is 2. The summed E-state index contributed by atoms with van der Waals surface area (Å²) in [6.45, 7) is 0.198. The van der Waals surface area contributed by atoms with E-state index in [4.69, 9.17) is 4.74 Å². The highest BCUT2D eigenvalue weighted by Crippen LogP contribution is 2.23. The molecule has 30 heavy (non-hydrogen) atoms. The Balaban J connectivity index is 1.58. The molecular weight excluding hydrogens is 380 g/mol. The van der Waals surface area contributed by atoms with Crippen molar-refractivity contribution in [3.8, 4) is 5.75 Å². The van der Waals surface area contributed by atoms with Gasteiger partial charge in [0.2, 0.25) is 6.54 Å². The van der Waals surface area contributed by atoms with Gasteiger partial charge in [-0.3, -0.25) is 9.59 Å². The number of para-hydroxylation sites is 2. The molecule has 2 aromatic carbocycles. The zero-order valence-electron chi connectivity index (χ0n) is 17.3. The summed E-state index contributed by atoms with van der Waals surface area (Å²) in [5, 5.41) is 5.66. The minimum absolute atomic E-state index is 0.149. The van der Waals surface area contributed by atoms with Crippen LogP contribution in [0.4, 0.5) is 17.1 Å². The Morgan fingerprint density at radius 1 is 0.933 bits per heavy atom. The molecule has 0 saturated heterocycles. The van der Waals surface area contributed by atoms with Crippen LogP contribution in [0, 0.1) is 0 Å². The van der Waals surface area contributed by atoms with Crippen molar-refractivity contribution in [3.05, 3.63) is 78.6 Å². The van der Waals surface area contributed by atoms with Crippen LogP contribution in [0.1, 0.15) is 10.4 Å². The van der Waals surface area contributed by atoms with E-state index in [9.17, 15) is 9.59 Å². The number of hydrogen-bond acceptors (Lipinski definition) is 4. The number of carbonyl (C=O) groups is 2. The summed E-state index contributed by atoms with van der Waals surface area (Å²) in [5.74, 6) is 0.184. The molecule has 0 atom stereocenters. The van der Waals surface area contributed by atoms with E-state index in [2.05, 4.69) is 10.6 Å². The zero-order chi connectivity index (χ0) is 21.5. The average Bonchev–Trinajstić information content (AvgIpc) is 2.75. The number of anilines is 3. The summed E-state index contributed by atoms with van der Waals surface area (Å²) >= 11 is 0. The van der Waals surface area contributed by atoms with Gasteiger partial charge >= 0.3 is 0 Å². The number of nitrogens with one attached hydrogen (secondary N) is 2. The van der Waals surface area contributed by atoms with Crippen LogP contribution in [0.5, 0.6) is 5.75 Å². The first-order valence-corrected chi connectivity index (χ1v) is 9.47. The Morgan fingerprint density at radius 2 is 1.60 bits per heavy atom. The molecule has 7 nitrogen and oxygen atoms in total. The standard InChI is InChI=1S/C23H24N4O3/c1-26(2)19-12-14-27(15-13-19)16-22(28)24-18-10-8-17(9-11-18)23(29)25-20-6-4-5-7-21(20)30-3/h4-15H,16H2,1-3H3,(H-,24,25,28,29)/p+1. The highest BCUT2D eigenvalue weighted by Gasteiger charge is 2.12. The molecule has 0 unspecified atom stereocenters. The molecule has 0 aliphatic carbocycles. The van der Waals surface area contributed by atoms with Crippen LogP contribution in [-0.2, 0) is 11.3 Å². The minimum Gasteiger partial charge on any atom is -0.495 e. The molecular formula is C23H25N4O3+. The predicted molar refractivity (Wildman–Crippen MR) is 117 cm³/mol. The maximum atomic E-state index is 12.5. The first-order chi connectivity index (χ1) is 14.5. The van der Waals surface area contributed by atoms with Gasteiger partial charge in [0.15, 0.2) is 12.4 Å². The topological polar surface area (TPSA) is 74.5 Å². The molecule has 0 aliphatic heterocycles. The molecule has 0 fully saturated rings. The van der Waals surface area contributed by atoms with Gasteiger partial charge in [0.05, 0.1) is 12.8 Å². The zero-order valence-corrected chi connectivity index (χ0v) is 17.3. The monoisotopic (exact) mass is 405 g/mol. The number of rotatable bonds is 7. The lowest BCUT2D eigenvalue weighted by molar-refractivity contribution is -0.684. The van der Waals surface area contributed by atoms with Crippen molar-refractivity contribution in [3.63, 3.8) is 0 Å². The van der Waals surface area contributed by atoms with E-state index in [1.54, 1.807) is 48.1 Å². The second-order valence-electron chi connectivity index (χ2n) is 6.90. The van der Waals surface area contributed by atoms with E-state index in [-0.39, 0.29) is 18.4 Å². The molecule has 154 valence electrons. The Morgan fingerprint density at radius 3 is 2.23 bits per heavy atom. The number of ether oxygens (including phenoxy) is 1. The maximum Gasteiger partial charge on any atom is 0.290 e. The van der Waals surface area contributed by atoms with Crippen LogP contribution in [-0.4, -0.2) is 33.0 Å². The first-order valence-electron chi connectivity index (χ1n) is 9.47. The van der Waals surface area contributed by atoms with Gasteiger partial charge in [0.25, 0.3) is 11.8 Å². The quantitative estimate of drug-likeness (QED) is 0.593. The van der Waals surface area contributed by atoms with Crippen molar-refractivity contribution in [1.29, 1.82) is 0 Å². The molecule has 1 heterocycles. The number of benzene rings is 2. The average molecular weight is 405 g/mol.